The fraction of sp³-hybridized carbons (Fsp3) is 0.0952. The first-order valence-corrected chi connectivity index (χ1v) is 10.0. The Hall–Kier alpha value is -3.32. The van der Waals surface area contributed by atoms with Crippen LogP contribution in [0.2, 0.25) is 0 Å². The van der Waals surface area contributed by atoms with Gasteiger partial charge in [-0.25, -0.2) is 8.42 Å². The molecule has 1 amide bonds. The summed E-state index contributed by atoms with van der Waals surface area (Å²) in [6.07, 6.45) is 4.40. The fourth-order valence-corrected chi connectivity index (χ4v) is 3.73. The van der Waals surface area contributed by atoms with E-state index in [1.807, 2.05) is 19.9 Å². The number of furan rings is 1. The molecule has 0 atom stereocenters. The second kappa shape index (κ2) is 8.14. The zero-order valence-corrected chi connectivity index (χ0v) is 16.3. The van der Waals surface area contributed by atoms with Gasteiger partial charge in [0.1, 0.15) is 5.76 Å². The third-order valence-electron chi connectivity index (χ3n) is 3.85. The van der Waals surface area contributed by atoms with Crippen LogP contribution >= 0.6 is 0 Å². The van der Waals surface area contributed by atoms with Gasteiger partial charge in [-0.3, -0.25) is 9.52 Å². The molecule has 0 saturated carbocycles. The van der Waals surface area contributed by atoms with Crippen molar-refractivity contribution < 1.29 is 17.6 Å². The number of carbonyl (C=O) groups excluding carboxylic acids is 1. The minimum absolute atomic E-state index is 0.107. The lowest BCUT2D eigenvalue weighted by Crippen LogP contribution is -2.13. The van der Waals surface area contributed by atoms with Gasteiger partial charge in [0, 0.05) is 17.5 Å². The molecule has 0 bridgehead atoms. The highest BCUT2D eigenvalue weighted by Crippen LogP contribution is 2.20. The summed E-state index contributed by atoms with van der Waals surface area (Å²) >= 11 is 0. The standard InChI is InChI=1S/C21H20N2O4S/c1-15-12-16(2)14-18(13-15)23-28(25,26)20-8-5-17(6-9-20)22-21(24)10-7-19-4-3-11-27-19/h3-14,23H,1-2H3,(H,22,24). The van der Waals surface area contributed by atoms with Gasteiger partial charge < -0.3 is 9.73 Å². The summed E-state index contributed by atoms with van der Waals surface area (Å²) in [6, 6.07) is 14.9. The lowest BCUT2D eigenvalue weighted by molar-refractivity contribution is -0.111. The van der Waals surface area contributed by atoms with Crippen LogP contribution in [0.1, 0.15) is 16.9 Å². The van der Waals surface area contributed by atoms with Crippen molar-refractivity contribution in [3.63, 3.8) is 0 Å². The van der Waals surface area contributed by atoms with Gasteiger partial charge in [-0.2, -0.15) is 0 Å². The molecule has 6 nitrogen and oxygen atoms in total. The number of anilines is 2. The smallest absolute Gasteiger partial charge is 0.261 e. The molecule has 0 radical (unpaired) electrons. The molecule has 0 saturated heterocycles. The molecule has 1 aromatic heterocycles. The van der Waals surface area contributed by atoms with E-state index in [4.69, 9.17) is 4.42 Å². The van der Waals surface area contributed by atoms with E-state index in [2.05, 4.69) is 10.0 Å². The highest BCUT2D eigenvalue weighted by molar-refractivity contribution is 7.92. The predicted octanol–water partition coefficient (Wildman–Crippen LogP) is 4.35. The summed E-state index contributed by atoms with van der Waals surface area (Å²) in [5, 5.41) is 2.67. The van der Waals surface area contributed by atoms with E-state index >= 15 is 0 Å². The van der Waals surface area contributed by atoms with Gasteiger partial charge in [0.25, 0.3) is 10.0 Å². The lowest BCUT2D eigenvalue weighted by atomic mass is 10.1. The van der Waals surface area contributed by atoms with Gasteiger partial charge in [0.2, 0.25) is 5.91 Å². The van der Waals surface area contributed by atoms with Crippen molar-refractivity contribution in [2.75, 3.05) is 10.0 Å². The maximum Gasteiger partial charge on any atom is 0.261 e. The SMILES string of the molecule is Cc1cc(C)cc(NS(=O)(=O)c2ccc(NC(=O)C=Cc3ccco3)cc2)c1. The van der Waals surface area contributed by atoms with Crippen molar-refractivity contribution in [3.8, 4) is 0 Å². The number of benzene rings is 2. The zero-order valence-electron chi connectivity index (χ0n) is 15.5. The van der Waals surface area contributed by atoms with Gasteiger partial charge in [-0.15, -0.1) is 0 Å². The van der Waals surface area contributed by atoms with E-state index in [0.29, 0.717) is 17.1 Å². The summed E-state index contributed by atoms with van der Waals surface area (Å²) in [5.41, 5.74) is 2.94. The monoisotopic (exact) mass is 396 g/mol. The Morgan fingerprint density at radius 2 is 1.64 bits per heavy atom. The maximum atomic E-state index is 12.6. The average molecular weight is 396 g/mol. The van der Waals surface area contributed by atoms with Gasteiger partial charge >= 0.3 is 0 Å². The second-order valence-corrected chi connectivity index (χ2v) is 8.03. The van der Waals surface area contributed by atoms with Crippen LogP contribution in [0.3, 0.4) is 0 Å². The summed E-state index contributed by atoms with van der Waals surface area (Å²) in [7, 11) is -3.72. The van der Waals surface area contributed by atoms with Crippen LogP contribution in [-0.2, 0) is 14.8 Å². The summed E-state index contributed by atoms with van der Waals surface area (Å²) < 4.78 is 32.8. The number of hydrogen-bond acceptors (Lipinski definition) is 4. The summed E-state index contributed by atoms with van der Waals surface area (Å²) in [4.78, 5) is 12.0. The van der Waals surface area contributed by atoms with Crippen molar-refractivity contribution in [2.45, 2.75) is 18.7 Å². The molecule has 0 aliphatic heterocycles. The molecule has 3 rings (SSSR count). The quantitative estimate of drug-likeness (QED) is 0.606. The van der Waals surface area contributed by atoms with E-state index in [0.717, 1.165) is 11.1 Å². The molecule has 0 aliphatic carbocycles. The molecular weight excluding hydrogens is 376 g/mol. The van der Waals surface area contributed by atoms with Crippen molar-refractivity contribution in [1.29, 1.82) is 0 Å². The summed E-state index contributed by atoms with van der Waals surface area (Å²) in [6.45, 7) is 3.81. The zero-order chi connectivity index (χ0) is 20.1. The maximum absolute atomic E-state index is 12.6. The van der Waals surface area contributed by atoms with Crippen molar-refractivity contribution in [2.24, 2.45) is 0 Å². The molecule has 0 unspecified atom stereocenters. The first kappa shape index (κ1) is 19.4. The average Bonchev–Trinajstić information content (AvgIpc) is 3.13. The van der Waals surface area contributed by atoms with Crippen LogP contribution in [0.4, 0.5) is 11.4 Å². The molecule has 0 aliphatic rings. The van der Waals surface area contributed by atoms with Crippen LogP contribution in [0.25, 0.3) is 6.08 Å². The Labute approximate surface area is 163 Å². The Morgan fingerprint density at radius 3 is 2.25 bits per heavy atom. The van der Waals surface area contributed by atoms with Crippen molar-refractivity contribution in [3.05, 3.63) is 83.8 Å². The third-order valence-corrected chi connectivity index (χ3v) is 5.25. The highest BCUT2D eigenvalue weighted by Gasteiger charge is 2.14. The lowest BCUT2D eigenvalue weighted by Gasteiger charge is -2.10. The molecule has 2 aromatic carbocycles. The molecule has 1 heterocycles. The number of aryl methyl sites for hydroxylation is 2. The van der Waals surface area contributed by atoms with Gasteiger partial charge in [-0.1, -0.05) is 6.07 Å². The molecule has 7 heteroatoms. The minimum Gasteiger partial charge on any atom is -0.465 e. The molecule has 2 N–H and O–H groups in total. The highest BCUT2D eigenvalue weighted by atomic mass is 32.2. The Kier molecular flexibility index (Phi) is 5.65. The first-order valence-electron chi connectivity index (χ1n) is 8.55. The molecule has 0 fully saturated rings. The second-order valence-electron chi connectivity index (χ2n) is 6.34. The number of rotatable bonds is 6. The van der Waals surface area contributed by atoms with Crippen LogP contribution in [0, 0.1) is 13.8 Å². The van der Waals surface area contributed by atoms with Crippen molar-refractivity contribution in [1.82, 2.24) is 0 Å². The van der Waals surface area contributed by atoms with E-state index < -0.39 is 10.0 Å². The molecule has 144 valence electrons. The molecule has 28 heavy (non-hydrogen) atoms. The van der Waals surface area contributed by atoms with E-state index in [1.54, 1.807) is 30.3 Å². The van der Waals surface area contributed by atoms with Crippen LogP contribution in [-0.4, -0.2) is 14.3 Å². The first-order chi connectivity index (χ1) is 13.3. The number of sulfonamides is 1. The number of nitrogens with one attached hydrogen (secondary N) is 2. The van der Waals surface area contributed by atoms with Gasteiger partial charge in [-0.05, 0) is 79.6 Å². The molecule has 0 spiro atoms. The number of carbonyl (C=O) groups is 1. The van der Waals surface area contributed by atoms with E-state index in [1.165, 1.54) is 36.6 Å². The largest absolute Gasteiger partial charge is 0.465 e. The minimum atomic E-state index is -3.72. The summed E-state index contributed by atoms with van der Waals surface area (Å²) in [5.74, 6) is 0.217. The van der Waals surface area contributed by atoms with Crippen LogP contribution in [0.15, 0.2) is 76.2 Å². The topological polar surface area (TPSA) is 88.4 Å². The predicted molar refractivity (Wildman–Crippen MR) is 110 cm³/mol. The van der Waals surface area contributed by atoms with Crippen molar-refractivity contribution >= 4 is 33.4 Å². The van der Waals surface area contributed by atoms with Gasteiger partial charge in [0.05, 0.1) is 11.2 Å². The van der Waals surface area contributed by atoms with E-state index in [-0.39, 0.29) is 10.8 Å². The van der Waals surface area contributed by atoms with Crippen LogP contribution in [0.5, 0.6) is 0 Å². The molecule has 3 aromatic rings. The van der Waals surface area contributed by atoms with Crippen LogP contribution < -0.4 is 10.0 Å². The van der Waals surface area contributed by atoms with E-state index in [9.17, 15) is 13.2 Å². The molecular formula is C21H20N2O4S. The fourth-order valence-electron chi connectivity index (χ4n) is 2.69. The third kappa shape index (κ3) is 5.11. The number of amides is 1. The number of hydrogen-bond donors (Lipinski definition) is 2. The Bertz CT molecular complexity index is 1080. The Morgan fingerprint density at radius 1 is 0.964 bits per heavy atom. The Balaban J connectivity index is 1.68. The normalized spacial score (nSPS) is 11.5. The van der Waals surface area contributed by atoms with Gasteiger partial charge in [0.15, 0.2) is 0 Å².